The Morgan fingerprint density at radius 2 is 1.71 bits per heavy atom. The zero-order valence-corrected chi connectivity index (χ0v) is 18.5. The number of carbonyl (C=O) groups is 1. The molecule has 2 rings (SSSR count). The number of carbonyl (C=O) groups excluding carboxylic acids is 1. The number of ether oxygens (including phenoxy) is 1. The number of benzene rings is 1. The molecule has 1 aromatic rings. The molecule has 0 aliphatic heterocycles. The molecular weight excluding hydrogens is 355 g/mol. The Labute approximate surface area is 171 Å². The number of hydrogen-bond acceptors (Lipinski definition) is 3. The highest BCUT2D eigenvalue weighted by Gasteiger charge is 2.28. The normalized spacial score (nSPS) is 16.0. The highest BCUT2D eigenvalue weighted by molar-refractivity contribution is 5.81. The molecule has 2 atom stereocenters. The summed E-state index contributed by atoms with van der Waals surface area (Å²) in [6.45, 7) is 8.49. The zero-order valence-electron chi connectivity index (χ0n) is 18.5. The second kappa shape index (κ2) is 16.5. The third-order valence-corrected chi connectivity index (χ3v) is 4.86. The summed E-state index contributed by atoms with van der Waals surface area (Å²) in [6, 6.07) is 6.03. The summed E-state index contributed by atoms with van der Waals surface area (Å²) in [5.41, 5.74) is 7.22. The van der Waals surface area contributed by atoms with Crippen LogP contribution in [0.3, 0.4) is 0 Å². The summed E-state index contributed by atoms with van der Waals surface area (Å²) in [7, 11) is 1.53. The van der Waals surface area contributed by atoms with Crippen molar-refractivity contribution in [2.45, 2.75) is 84.8 Å². The Hall–Kier alpha value is -1.46. The third-order valence-electron chi connectivity index (χ3n) is 4.86. The first-order chi connectivity index (χ1) is 13.6. The van der Waals surface area contributed by atoms with Gasteiger partial charge in [0, 0.05) is 19.7 Å². The summed E-state index contributed by atoms with van der Waals surface area (Å²) in [5, 5.41) is 2.88. The van der Waals surface area contributed by atoms with Gasteiger partial charge in [0.15, 0.2) is 6.10 Å². The first kappa shape index (κ1) is 26.5. The second-order valence-corrected chi connectivity index (χ2v) is 6.73. The van der Waals surface area contributed by atoms with E-state index in [1.807, 2.05) is 27.7 Å². The Morgan fingerprint density at radius 3 is 2.25 bits per heavy atom. The lowest BCUT2D eigenvalue weighted by Crippen LogP contribution is -2.48. The first-order valence-corrected chi connectivity index (χ1v) is 10.9. The van der Waals surface area contributed by atoms with Crippen molar-refractivity contribution in [3.05, 3.63) is 35.6 Å². The predicted octanol–water partition coefficient (Wildman–Crippen LogP) is 4.85. The van der Waals surface area contributed by atoms with E-state index in [2.05, 4.69) is 5.32 Å². The Balaban J connectivity index is 0.00000171. The minimum Gasteiger partial charge on any atom is -0.370 e. The Morgan fingerprint density at radius 1 is 1.14 bits per heavy atom. The molecule has 1 amide bonds. The van der Waals surface area contributed by atoms with E-state index >= 15 is 0 Å². The van der Waals surface area contributed by atoms with E-state index in [1.54, 1.807) is 12.1 Å². The maximum Gasteiger partial charge on any atom is 0.250 e. The van der Waals surface area contributed by atoms with Crippen LogP contribution in [0.15, 0.2) is 24.3 Å². The number of rotatable bonds is 8. The van der Waals surface area contributed by atoms with Gasteiger partial charge in [-0.05, 0) is 36.5 Å². The average molecular weight is 397 g/mol. The van der Waals surface area contributed by atoms with E-state index < -0.39 is 6.10 Å². The van der Waals surface area contributed by atoms with Crippen molar-refractivity contribution in [2.75, 3.05) is 13.7 Å². The van der Waals surface area contributed by atoms with Crippen LogP contribution in [0, 0.1) is 11.7 Å². The number of amides is 1. The fraction of sp³-hybridized carbons (Fsp3) is 0.696. The summed E-state index contributed by atoms with van der Waals surface area (Å²) in [5.74, 6) is 0.192. The van der Waals surface area contributed by atoms with Gasteiger partial charge in [0.05, 0.1) is 0 Å². The second-order valence-electron chi connectivity index (χ2n) is 6.73. The monoisotopic (exact) mass is 396 g/mol. The summed E-state index contributed by atoms with van der Waals surface area (Å²) in [4.78, 5) is 12.3. The summed E-state index contributed by atoms with van der Waals surface area (Å²) < 4.78 is 18.2. The quantitative estimate of drug-likeness (QED) is 0.660. The molecule has 1 unspecified atom stereocenters. The van der Waals surface area contributed by atoms with Crippen molar-refractivity contribution in [2.24, 2.45) is 11.7 Å². The molecule has 162 valence electrons. The minimum absolute atomic E-state index is 0.164. The van der Waals surface area contributed by atoms with Crippen LogP contribution in [0.5, 0.6) is 0 Å². The molecule has 0 aromatic heterocycles. The molecule has 0 heterocycles. The Kier molecular flexibility index (Phi) is 15.6. The molecule has 0 radical (unpaired) electrons. The average Bonchev–Trinajstić information content (AvgIpc) is 2.74. The van der Waals surface area contributed by atoms with Crippen LogP contribution in [-0.2, 0) is 16.0 Å². The maximum absolute atomic E-state index is 12.9. The maximum atomic E-state index is 12.9. The lowest BCUT2D eigenvalue weighted by atomic mass is 9.84. The molecule has 0 saturated heterocycles. The van der Waals surface area contributed by atoms with Gasteiger partial charge in [0.1, 0.15) is 5.82 Å². The summed E-state index contributed by atoms with van der Waals surface area (Å²) in [6.07, 6.45) is 7.12. The predicted molar refractivity (Wildman–Crippen MR) is 116 cm³/mol. The number of halogens is 1. The molecule has 5 heteroatoms. The topological polar surface area (TPSA) is 64.3 Å². The van der Waals surface area contributed by atoms with Crippen molar-refractivity contribution in [3.8, 4) is 0 Å². The molecule has 1 aliphatic rings. The molecule has 0 spiro atoms. The largest absolute Gasteiger partial charge is 0.370 e. The van der Waals surface area contributed by atoms with E-state index in [1.165, 1.54) is 51.3 Å². The van der Waals surface area contributed by atoms with Crippen molar-refractivity contribution in [1.29, 1.82) is 0 Å². The standard InChI is InChI=1S/C19H29FN2O2.2C2H6/c1-24-18(17(21)13-15-5-3-2-4-6-15)19(23)22-12-11-14-7-9-16(20)10-8-14;2*1-2/h7-10,15,17-18H,2-6,11-13,21H2,1H3,(H,22,23);2*1-2H3/t17-,18?;;/m1../s1. The van der Waals surface area contributed by atoms with Gasteiger partial charge < -0.3 is 15.8 Å². The molecule has 3 N–H and O–H groups in total. The Bertz CT molecular complexity index is 502. The molecule has 4 nitrogen and oxygen atoms in total. The molecule has 1 saturated carbocycles. The van der Waals surface area contributed by atoms with Crippen molar-refractivity contribution in [1.82, 2.24) is 5.32 Å². The van der Waals surface area contributed by atoms with Gasteiger partial charge in [-0.3, -0.25) is 4.79 Å². The lowest BCUT2D eigenvalue weighted by molar-refractivity contribution is -0.132. The van der Waals surface area contributed by atoms with Crippen LogP contribution >= 0.6 is 0 Å². The van der Waals surface area contributed by atoms with Crippen molar-refractivity contribution >= 4 is 5.91 Å². The number of nitrogens with two attached hydrogens (primary N) is 1. The van der Waals surface area contributed by atoms with E-state index in [0.29, 0.717) is 18.9 Å². The smallest absolute Gasteiger partial charge is 0.250 e. The van der Waals surface area contributed by atoms with Crippen LogP contribution in [0.25, 0.3) is 0 Å². The van der Waals surface area contributed by atoms with Crippen LogP contribution in [0.4, 0.5) is 4.39 Å². The highest BCUT2D eigenvalue weighted by atomic mass is 19.1. The minimum atomic E-state index is -0.611. The zero-order chi connectivity index (χ0) is 21.4. The van der Waals surface area contributed by atoms with Crippen LogP contribution in [0.2, 0.25) is 0 Å². The third kappa shape index (κ3) is 10.2. The van der Waals surface area contributed by atoms with Gasteiger partial charge in [0.25, 0.3) is 5.91 Å². The molecule has 1 aromatic carbocycles. The molecule has 28 heavy (non-hydrogen) atoms. The van der Waals surface area contributed by atoms with Crippen LogP contribution in [0.1, 0.15) is 71.8 Å². The van der Waals surface area contributed by atoms with E-state index in [-0.39, 0.29) is 17.8 Å². The fourth-order valence-electron chi connectivity index (χ4n) is 3.49. The highest BCUT2D eigenvalue weighted by Crippen LogP contribution is 2.27. The fourth-order valence-corrected chi connectivity index (χ4v) is 3.49. The molecule has 0 bridgehead atoms. The molecule has 1 fully saturated rings. The molecule has 1 aliphatic carbocycles. The van der Waals surface area contributed by atoms with Gasteiger partial charge in [-0.1, -0.05) is 71.9 Å². The lowest BCUT2D eigenvalue weighted by Gasteiger charge is -2.28. The van der Waals surface area contributed by atoms with Gasteiger partial charge in [-0.25, -0.2) is 4.39 Å². The van der Waals surface area contributed by atoms with Crippen molar-refractivity contribution in [3.63, 3.8) is 0 Å². The van der Waals surface area contributed by atoms with Gasteiger partial charge in [-0.2, -0.15) is 0 Å². The van der Waals surface area contributed by atoms with E-state index in [0.717, 1.165) is 12.0 Å². The SMILES string of the molecule is CC.CC.COC(C(=O)NCCc1ccc(F)cc1)[C@H](N)CC1CCCCC1. The van der Waals surface area contributed by atoms with Gasteiger partial charge >= 0.3 is 0 Å². The van der Waals surface area contributed by atoms with Gasteiger partial charge in [0.2, 0.25) is 0 Å². The number of methoxy groups -OCH3 is 1. The van der Waals surface area contributed by atoms with E-state index in [4.69, 9.17) is 10.5 Å². The number of hydrogen-bond donors (Lipinski definition) is 2. The van der Waals surface area contributed by atoms with Gasteiger partial charge in [-0.15, -0.1) is 0 Å². The van der Waals surface area contributed by atoms with Crippen molar-refractivity contribution < 1.29 is 13.9 Å². The number of nitrogens with one attached hydrogen (secondary N) is 1. The van der Waals surface area contributed by atoms with E-state index in [9.17, 15) is 9.18 Å². The van der Waals surface area contributed by atoms with Crippen LogP contribution < -0.4 is 11.1 Å². The summed E-state index contributed by atoms with van der Waals surface area (Å²) >= 11 is 0. The van der Waals surface area contributed by atoms with Crippen LogP contribution in [-0.4, -0.2) is 31.7 Å². The molecular formula is C23H41FN2O2. The first-order valence-electron chi connectivity index (χ1n) is 10.9.